The van der Waals surface area contributed by atoms with Crippen LogP contribution in [-0.2, 0) is 6.42 Å². The van der Waals surface area contributed by atoms with Crippen molar-refractivity contribution in [2.24, 2.45) is 0 Å². The summed E-state index contributed by atoms with van der Waals surface area (Å²) in [6, 6.07) is 3.72. The zero-order chi connectivity index (χ0) is 11.3. The molecule has 15 heavy (non-hydrogen) atoms. The molecule has 3 nitrogen and oxygen atoms in total. The average molecular weight is 208 g/mol. The molecule has 0 heterocycles. The summed E-state index contributed by atoms with van der Waals surface area (Å²) in [5.41, 5.74) is 1.00. The number of hydrogen-bond donors (Lipinski definition) is 0. The summed E-state index contributed by atoms with van der Waals surface area (Å²) < 4.78 is 15.7. The summed E-state index contributed by atoms with van der Waals surface area (Å²) in [6.07, 6.45) is 2.54. The third kappa shape index (κ3) is 2.43. The van der Waals surface area contributed by atoms with Crippen molar-refractivity contribution in [3.8, 4) is 17.2 Å². The van der Waals surface area contributed by atoms with Crippen LogP contribution in [-0.4, -0.2) is 21.3 Å². The maximum absolute atomic E-state index is 5.29. The first-order valence-corrected chi connectivity index (χ1v) is 4.66. The van der Waals surface area contributed by atoms with Crippen LogP contribution >= 0.6 is 0 Å². The molecule has 1 aromatic carbocycles. The zero-order valence-electron chi connectivity index (χ0n) is 9.37. The highest BCUT2D eigenvalue weighted by Crippen LogP contribution is 2.35. The third-order valence-corrected chi connectivity index (χ3v) is 2.13. The quantitative estimate of drug-likeness (QED) is 0.695. The first kappa shape index (κ1) is 11.4. The predicted molar refractivity (Wildman–Crippen MR) is 60.0 cm³/mol. The number of benzene rings is 1. The molecule has 0 atom stereocenters. The van der Waals surface area contributed by atoms with Gasteiger partial charge in [0.05, 0.1) is 21.3 Å². The zero-order valence-corrected chi connectivity index (χ0v) is 9.37. The van der Waals surface area contributed by atoms with Crippen LogP contribution in [0.3, 0.4) is 0 Å². The molecule has 0 radical (unpaired) electrons. The molecule has 0 N–H and O–H groups in total. The molecule has 0 aromatic heterocycles. The molecule has 3 heteroatoms. The van der Waals surface area contributed by atoms with Crippen LogP contribution in [0.15, 0.2) is 24.8 Å². The number of hydrogen-bond acceptors (Lipinski definition) is 3. The highest BCUT2D eigenvalue weighted by atomic mass is 16.5. The van der Waals surface area contributed by atoms with Crippen molar-refractivity contribution in [3.05, 3.63) is 30.4 Å². The molecule has 0 aliphatic heterocycles. The topological polar surface area (TPSA) is 27.7 Å². The van der Waals surface area contributed by atoms with E-state index in [4.69, 9.17) is 14.2 Å². The predicted octanol–water partition coefficient (Wildman–Crippen LogP) is 2.44. The maximum Gasteiger partial charge on any atom is 0.164 e. The highest BCUT2D eigenvalue weighted by molar-refractivity contribution is 5.52. The van der Waals surface area contributed by atoms with E-state index in [1.165, 1.54) is 0 Å². The minimum atomic E-state index is 0.675. The van der Waals surface area contributed by atoms with Gasteiger partial charge in [0, 0.05) is 11.6 Å². The summed E-state index contributed by atoms with van der Waals surface area (Å²) in [7, 11) is 4.85. The minimum absolute atomic E-state index is 0.675. The van der Waals surface area contributed by atoms with E-state index >= 15 is 0 Å². The first-order chi connectivity index (χ1) is 7.26. The van der Waals surface area contributed by atoms with Gasteiger partial charge in [-0.05, 0) is 12.5 Å². The molecule has 0 aliphatic rings. The smallest absolute Gasteiger partial charge is 0.164 e. The molecular formula is C12H16O3. The van der Waals surface area contributed by atoms with Gasteiger partial charge in [-0.25, -0.2) is 0 Å². The van der Waals surface area contributed by atoms with E-state index in [1.807, 2.05) is 12.1 Å². The van der Waals surface area contributed by atoms with Crippen molar-refractivity contribution < 1.29 is 14.2 Å². The van der Waals surface area contributed by atoms with E-state index in [2.05, 4.69) is 6.58 Å². The van der Waals surface area contributed by atoms with Gasteiger partial charge in [-0.15, -0.1) is 6.58 Å². The average Bonchev–Trinajstić information content (AvgIpc) is 2.28. The standard InChI is InChI=1S/C12H16O3/c1-5-6-9-7-10(13-2)8-11(14-3)12(9)15-4/h5,7-8H,1,6H2,2-4H3. The van der Waals surface area contributed by atoms with E-state index in [0.29, 0.717) is 5.75 Å². The van der Waals surface area contributed by atoms with E-state index in [1.54, 1.807) is 27.4 Å². The second kappa shape index (κ2) is 5.29. The molecule has 0 bridgehead atoms. The van der Waals surface area contributed by atoms with Gasteiger partial charge >= 0.3 is 0 Å². The number of methoxy groups -OCH3 is 3. The van der Waals surface area contributed by atoms with Gasteiger partial charge in [-0.1, -0.05) is 6.08 Å². The summed E-state index contributed by atoms with van der Waals surface area (Å²) in [4.78, 5) is 0. The Bertz CT molecular complexity index is 345. The molecule has 0 amide bonds. The number of allylic oxidation sites excluding steroid dienone is 1. The Morgan fingerprint density at radius 2 is 1.87 bits per heavy atom. The Hall–Kier alpha value is -1.64. The fourth-order valence-corrected chi connectivity index (χ4v) is 1.44. The number of rotatable bonds is 5. The van der Waals surface area contributed by atoms with Crippen molar-refractivity contribution in [1.82, 2.24) is 0 Å². The van der Waals surface area contributed by atoms with Crippen molar-refractivity contribution >= 4 is 0 Å². The van der Waals surface area contributed by atoms with Crippen LogP contribution in [0.5, 0.6) is 17.2 Å². The molecule has 0 fully saturated rings. The van der Waals surface area contributed by atoms with E-state index in [9.17, 15) is 0 Å². The SMILES string of the molecule is C=CCc1cc(OC)cc(OC)c1OC. The normalized spacial score (nSPS) is 9.53. The Morgan fingerprint density at radius 1 is 1.13 bits per heavy atom. The van der Waals surface area contributed by atoms with E-state index < -0.39 is 0 Å². The summed E-state index contributed by atoms with van der Waals surface area (Å²) >= 11 is 0. The first-order valence-electron chi connectivity index (χ1n) is 4.66. The molecular weight excluding hydrogens is 192 g/mol. The van der Waals surface area contributed by atoms with Crippen molar-refractivity contribution in [2.45, 2.75) is 6.42 Å². The van der Waals surface area contributed by atoms with Gasteiger partial charge in [0.25, 0.3) is 0 Å². The second-order valence-corrected chi connectivity index (χ2v) is 3.01. The van der Waals surface area contributed by atoms with Crippen LogP contribution in [0.1, 0.15) is 5.56 Å². The molecule has 0 saturated carbocycles. The van der Waals surface area contributed by atoms with Crippen LogP contribution < -0.4 is 14.2 Å². The van der Waals surface area contributed by atoms with Crippen molar-refractivity contribution in [1.29, 1.82) is 0 Å². The van der Waals surface area contributed by atoms with E-state index in [-0.39, 0.29) is 0 Å². The Balaban J connectivity index is 3.25. The van der Waals surface area contributed by atoms with Gasteiger partial charge in [0.15, 0.2) is 11.5 Å². The summed E-state index contributed by atoms with van der Waals surface area (Å²) in [5.74, 6) is 2.16. The lowest BCUT2D eigenvalue weighted by Gasteiger charge is -2.13. The van der Waals surface area contributed by atoms with Crippen LogP contribution in [0.25, 0.3) is 0 Å². The Kier molecular flexibility index (Phi) is 4.03. The van der Waals surface area contributed by atoms with Crippen LogP contribution in [0.4, 0.5) is 0 Å². The second-order valence-electron chi connectivity index (χ2n) is 3.01. The Labute approximate surface area is 90.3 Å². The molecule has 0 saturated heterocycles. The largest absolute Gasteiger partial charge is 0.497 e. The van der Waals surface area contributed by atoms with Gasteiger partial charge in [-0.2, -0.15) is 0 Å². The summed E-state index contributed by atoms with van der Waals surface area (Å²) in [5, 5.41) is 0. The van der Waals surface area contributed by atoms with E-state index in [0.717, 1.165) is 23.5 Å². The van der Waals surface area contributed by atoms with Gasteiger partial charge in [0.2, 0.25) is 0 Å². The fraction of sp³-hybridized carbons (Fsp3) is 0.333. The fourth-order valence-electron chi connectivity index (χ4n) is 1.44. The van der Waals surface area contributed by atoms with Gasteiger partial charge in [-0.3, -0.25) is 0 Å². The summed E-state index contributed by atoms with van der Waals surface area (Å²) in [6.45, 7) is 3.71. The molecule has 0 unspecified atom stereocenters. The molecule has 1 aromatic rings. The van der Waals surface area contributed by atoms with Crippen molar-refractivity contribution in [3.63, 3.8) is 0 Å². The van der Waals surface area contributed by atoms with Gasteiger partial charge < -0.3 is 14.2 Å². The highest BCUT2D eigenvalue weighted by Gasteiger charge is 2.11. The molecule has 1 rings (SSSR count). The number of ether oxygens (including phenoxy) is 3. The maximum atomic E-state index is 5.29. The molecule has 0 spiro atoms. The lowest BCUT2D eigenvalue weighted by molar-refractivity contribution is 0.346. The molecule has 0 aliphatic carbocycles. The van der Waals surface area contributed by atoms with Crippen molar-refractivity contribution in [2.75, 3.05) is 21.3 Å². The Morgan fingerprint density at radius 3 is 2.33 bits per heavy atom. The monoisotopic (exact) mass is 208 g/mol. The third-order valence-electron chi connectivity index (χ3n) is 2.13. The van der Waals surface area contributed by atoms with Gasteiger partial charge in [0.1, 0.15) is 5.75 Å². The van der Waals surface area contributed by atoms with Crippen LogP contribution in [0.2, 0.25) is 0 Å². The lowest BCUT2D eigenvalue weighted by atomic mass is 10.1. The lowest BCUT2D eigenvalue weighted by Crippen LogP contribution is -1.97. The minimum Gasteiger partial charge on any atom is -0.497 e. The molecule has 82 valence electrons. The van der Waals surface area contributed by atoms with Crippen LogP contribution in [0, 0.1) is 0 Å².